The number of carbonyl (C=O) groups is 2. The van der Waals surface area contributed by atoms with E-state index in [2.05, 4.69) is 15.6 Å². The largest absolute Gasteiger partial charge is 0.439 e. The van der Waals surface area contributed by atoms with Crippen molar-refractivity contribution in [3.63, 3.8) is 0 Å². The first-order valence-corrected chi connectivity index (χ1v) is 9.15. The van der Waals surface area contributed by atoms with Crippen molar-refractivity contribution in [1.29, 1.82) is 0 Å². The van der Waals surface area contributed by atoms with Gasteiger partial charge in [0.2, 0.25) is 17.7 Å². The molecule has 1 aliphatic carbocycles. The molecule has 1 heterocycles. The molecule has 3 rings (SSSR count). The Morgan fingerprint density at radius 3 is 2.34 bits per heavy atom. The van der Waals surface area contributed by atoms with Crippen LogP contribution < -0.4 is 15.4 Å². The van der Waals surface area contributed by atoms with E-state index in [1.54, 1.807) is 13.0 Å². The molecular weight excluding hydrogens is 387 g/mol. The van der Waals surface area contributed by atoms with Crippen molar-refractivity contribution in [1.82, 2.24) is 10.3 Å². The zero-order valence-electron chi connectivity index (χ0n) is 15.6. The van der Waals surface area contributed by atoms with Crippen LogP contribution in [-0.4, -0.2) is 22.8 Å². The van der Waals surface area contributed by atoms with E-state index < -0.39 is 17.8 Å². The number of ether oxygens (including phenoxy) is 1. The van der Waals surface area contributed by atoms with Crippen LogP contribution in [0.5, 0.6) is 11.6 Å². The summed E-state index contributed by atoms with van der Waals surface area (Å²) >= 11 is 0. The molecule has 2 N–H and O–H groups in total. The van der Waals surface area contributed by atoms with Crippen molar-refractivity contribution in [3.05, 3.63) is 48.2 Å². The molecule has 154 valence electrons. The predicted molar refractivity (Wildman–Crippen MR) is 99.3 cm³/mol. The molecule has 0 saturated heterocycles. The molecule has 1 aliphatic rings. The highest BCUT2D eigenvalue weighted by molar-refractivity contribution is 5.97. The van der Waals surface area contributed by atoms with Crippen LogP contribution in [0, 0.1) is 5.92 Å². The van der Waals surface area contributed by atoms with Gasteiger partial charge >= 0.3 is 6.18 Å². The Morgan fingerprint density at radius 1 is 1.14 bits per heavy atom. The van der Waals surface area contributed by atoms with Crippen molar-refractivity contribution >= 4 is 17.5 Å². The Hall–Kier alpha value is -3.10. The smallest absolute Gasteiger partial charge is 0.416 e. The first-order valence-electron chi connectivity index (χ1n) is 9.15. The number of benzene rings is 1. The van der Waals surface area contributed by atoms with Crippen LogP contribution in [0.2, 0.25) is 0 Å². The van der Waals surface area contributed by atoms with Gasteiger partial charge < -0.3 is 15.4 Å². The third-order valence-electron chi connectivity index (χ3n) is 4.64. The van der Waals surface area contributed by atoms with Crippen LogP contribution in [0.4, 0.5) is 18.9 Å². The summed E-state index contributed by atoms with van der Waals surface area (Å²) in [4.78, 5) is 28.1. The van der Waals surface area contributed by atoms with Crippen molar-refractivity contribution < 1.29 is 27.5 Å². The number of nitrogens with one attached hydrogen (secondary N) is 2. The van der Waals surface area contributed by atoms with E-state index in [0.29, 0.717) is 5.69 Å². The maximum Gasteiger partial charge on any atom is 0.416 e. The SMILES string of the molecule is CC(NC(=O)C1CCC1)C(=O)Nc1ccc(Oc2ccc(C(F)(F)F)cc2)nc1. The zero-order valence-corrected chi connectivity index (χ0v) is 15.6. The Morgan fingerprint density at radius 2 is 1.83 bits per heavy atom. The van der Waals surface area contributed by atoms with E-state index in [4.69, 9.17) is 4.74 Å². The van der Waals surface area contributed by atoms with Gasteiger partial charge in [0.25, 0.3) is 0 Å². The molecule has 0 aliphatic heterocycles. The molecular formula is C20H20F3N3O3. The quantitative estimate of drug-likeness (QED) is 0.754. The van der Waals surface area contributed by atoms with Gasteiger partial charge in [-0.15, -0.1) is 0 Å². The highest BCUT2D eigenvalue weighted by Gasteiger charge is 2.30. The molecule has 1 fully saturated rings. The van der Waals surface area contributed by atoms with Crippen molar-refractivity contribution in [2.24, 2.45) is 5.92 Å². The second kappa shape index (κ2) is 8.50. The lowest BCUT2D eigenvalue weighted by atomic mass is 9.84. The molecule has 29 heavy (non-hydrogen) atoms. The number of hydrogen-bond acceptors (Lipinski definition) is 4. The summed E-state index contributed by atoms with van der Waals surface area (Å²) < 4.78 is 43.1. The van der Waals surface area contributed by atoms with Crippen molar-refractivity contribution in [2.75, 3.05) is 5.32 Å². The van der Waals surface area contributed by atoms with Crippen molar-refractivity contribution in [2.45, 2.75) is 38.4 Å². The average Bonchev–Trinajstić information content (AvgIpc) is 2.61. The molecule has 2 aromatic rings. The lowest BCUT2D eigenvalue weighted by Crippen LogP contribution is -2.45. The van der Waals surface area contributed by atoms with E-state index in [0.717, 1.165) is 31.4 Å². The van der Waals surface area contributed by atoms with Gasteiger partial charge in [0.1, 0.15) is 11.8 Å². The van der Waals surface area contributed by atoms with Gasteiger partial charge in [0, 0.05) is 12.0 Å². The topological polar surface area (TPSA) is 80.3 Å². The minimum atomic E-state index is -4.41. The fourth-order valence-corrected chi connectivity index (χ4v) is 2.67. The summed E-state index contributed by atoms with van der Waals surface area (Å²) in [5.41, 5.74) is -0.367. The summed E-state index contributed by atoms with van der Waals surface area (Å²) in [6.45, 7) is 1.60. The lowest BCUT2D eigenvalue weighted by molar-refractivity contribution is -0.137. The Balaban J connectivity index is 1.52. The van der Waals surface area contributed by atoms with Gasteiger partial charge in [-0.2, -0.15) is 13.2 Å². The number of halogens is 3. The van der Waals surface area contributed by atoms with Gasteiger partial charge in [-0.3, -0.25) is 9.59 Å². The summed E-state index contributed by atoms with van der Waals surface area (Å²) in [6, 6.07) is 6.58. The Labute approximate surface area is 165 Å². The number of pyridine rings is 1. The highest BCUT2D eigenvalue weighted by Crippen LogP contribution is 2.31. The monoisotopic (exact) mass is 407 g/mol. The second-order valence-electron chi connectivity index (χ2n) is 6.86. The van der Waals surface area contributed by atoms with E-state index in [9.17, 15) is 22.8 Å². The summed E-state index contributed by atoms with van der Waals surface area (Å²) in [5.74, 6) is -0.134. The van der Waals surface area contributed by atoms with E-state index in [1.165, 1.54) is 24.4 Å². The molecule has 0 spiro atoms. The maximum atomic E-state index is 12.6. The van der Waals surface area contributed by atoms with Crippen LogP contribution in [0.3, 0.4) is 0 Å². The number of aromatic nitrogens is 1. The van der Waals surface area contributed by atoms with E-state index in [1.807, 2.05) is 0 Å². The molecule has 0 radical (unpaired) electrons. The van der Waals surface area contributed by atoms with Gasteiger partial charge in [0.05, 0.1) is 17.4 Å². The van der Waals surface area contributed by atoms with Crippen LogP contribution in [-0.2, 0) is 15.8 Å². The third-order valence-corrected chi connectivity index (χ3v) is 4.64. The fraction of sp³-hybridized carbons (Fsp3) is 0.350. The number of nitrogens with zero attached hydrogens (tertiary/aromatic N) is 1. The summed E-state index contributed by atoms with van der Waals surface area (Å²) in [6.07, 6.45) is -0.316. The van der Waals surface area contributed by atoms with Gasteiger partial charge in [-0.1, -0.05) is 6.42 Å². The third kappa shape index (κ3) is 5.46. The standard InChI is InChI=1S/C20H20F3N3O3/c1-12(25-19(28)13-3-2-4-13)18(27)26-15-7-10-17(24-11-15)29-16-8-5-14(6-9-16)20(21,22)23/h5-13H,2-4H2,1H3,(H,25,28)(H,26,27). The molecule has 1 atom stereocenters. The van der Waals surface area contributed by atoms with Crippen LogP contribution in [0.1, 0.15) is 31.7 Å². The molecule has 1 aromatic heterocycles. The average molecular weight is 407 g/mol. The molecule has 2 amide bonds. The molecule has 9 heteroatoms. The number of rotatable bonds is 6. The number of amides is 2. The summed E-state index contributed by atoms with van der Waals surface area (Å²) in [5, 5.41) is 5.33. The molecule has 1 unspecified atom stereocenters. The normalized spacial score (nSPS) is 15.2. The van der Waals surface area contributed by atoms with E-state index >= 15 is 0 Å². The first-order chi connectivity index (χ1) is 13.7. The predicted octanol–water partition coefficient (Wildman–Crippen LogP) is 4.14. The van der Waals surface area contributed by atoms with Crippen molar-refractivity contribution in [3.8, 4) is 11.6 Å². The first kappa shape index (κ1) is 20.6. The second-order valence-corrected chi connectivity index (χ2v) is 6.86. The molecule has 0 bridgehead atoms. The molecule has 1 aromatic carbocycles. The number of anilines is 1. The number of carbonyl (C=O) groups excluding carboxylic acids is 2. The van der Waals surface area contributed by atoms with Crippen LogP contribution in [0.15, 0.2) is 42.6 Å². The van der Waals surface area contributed by atoms with Crippen LogP contribution >= 0.6 is 0 Å². The van der Waals surface area contributed by atoms with Gasteiger partial charge in [-0.25, -0.2) is 4.98 Å². The summed E-state index contributed by atoms with van der Waals surface area (Å²) in [7, 11) is 0. The minimum Gasteiger partial charge on any atom is -0.439 e. The fourth-order valence-electron chi connectivity index (χ4n) is 2.67. The van der Waals surface area contributed by atoms with Gasteiger partial charge in [0.15, 0.2) is 0 Å². The van der Waals surface area contributed by atoms with E-state index in [-0.39, 0.29) is 29.4 Å². The lowest BCUT2D eigenvalue weighted by Gasteiger charge is -2.25. The minimum absolute atomic E-state index is 0.00598. The molecule has 6 nitrogen and oxygen atoms in total. The zero-order chi connectivity index (χ0) is 21.0. The van der Waals surface area contributed by atoms with Gasteiger partial charge in [-0.05, 0) is 50.1 Å². The van der Waals surface area contributed by atoms with Crippen LogP contribution in [0.25, 0.3) is 0 Å². The Bertz CT molecular complexity index is 863. The highest BCUT2D eigenvalue weighted by atomic mass is 19.4. The maximum absolute atomic E-state index is 12.6. The molecule has 1 saturated carbocycles. The number of alkyl halides is 3. The Kier molecular flexibility index (Phi) is 6.05. The number of hydrogen-bond donors (Lipinski definition) is 2.